The Morgan fingerprint density at radius 3 is 2.06 bits per heavy atom. The van der Waals surface area contributed by atoms with Crippen LogP contribution in [0.1, 0.15) is 46.8 Å². The normalized spacial score (nSPS) is 13.0. The standard InChI is InChI=1S/C43H40F2O6/c1-29(2)28-49-24-8-7-23-48-25-26-50-42(46)40-37-21-22-43(31-11-15-33(44)16-12-31,32-13-17-34(45)18-14-32)51-41(37)38-27-35(47-3)19-20-36(38)39(40)30-9-5-4-6-10-30/h4-6,9-22,27H,1,7-8,23-26,28H2,2-3H3. The van der Waals surface area contributed by atoms with Gasteiger partial charge in [-0.1, -0.05) is 66.7 Å². The second-order valence-corrected chi connectivity index (χ2v) is 12.4. The third kappa shape index (κ3) is 7.88. The summed E-state index contributed by atoms with van der Waals surface area (Å²) in [4.78, 5) is 14.2. The van der Waals surface area contributed by atoms with E-state index in [1.165, 1.54) is 24.3 Å². The average molecular weight is 691 g/mol. The van der Waals surface area contributed by atoms with E-state index in [2.05, 4.69) is 6.58 Å². The zero-order valence-corrected chi connectivity index (χ0v) is 28.8. The highest BCUT2D eigenvalue weighted by molar-refractivity contribution is 6.14. The minimum atomic E-state index is -1.29. The van der Waals surface area contributed by atoms with E-state index in [4.69, 9.17) is 23.7 Å². The third-order valence-electron chi connectivity index (χ3n) is 8.70. The molecule has 0 unspecified atom stereocenters. The zero-order valence-electron chi connectivity index (χ0n) is 28.8. The van der Waals surface area contributed by atoms with Crippen molar-refractivity contribution in [1.29, 1.82) is 0 Å². The lowest BCUT2D eigenvalue weighted by molar-refractivity contribution is 0.0304. The van der Waals surface area contributed by atoms with E-state index < -0.39 is 23.2 Å². The lowest BCUT2D eigenvalue weighted by atomic mass is 9.81. The van der Waals surface area contributed by atoms with Gasteiger partial charge in [0.15, 0.2) is 5.60 Å². The predicted molar refractivity (Wildman–Crippen MR) is 195 cm³/mol. The summed E-state index contributed by atoms with van der Waals surface area (Å²) < 4.78 is 58.2. The van der Waals surface area contributed by atoms with Crippen molar-refractivity contribution >= 4 is 22.8 Å². The van der Waals surface area contributed by atoms with Gasteiger partial charge in [0, 0.05) is 40.9 Å². The summed E-state index contributed by atoms with van der Waals surface area (Å²) in [6.45, 7) is 7.74. The number of benzene rings is 5. The van der Waals surface area contributed by atoms with E-state index >= 15 is 0 Å². The van der Waals surface area contributed by atoms with Crippen LogP contribution in [0.15, 0.2) is 115 Å². The van der Waals surface area contributed by atoms with Crippen molar-refractivity contribution in [2.45, 2.75) is 25.4 Å². The van der Waals surface area contributed by atoms with Crippen molar-refractivity contribution in [3.05, 3.63) is 149 Å². The van der Waals surface area contributed by atoms with Crippen LogP contribution in [0, 0.1) is 11.6 Å². The van der Waals surface area contributed by atoms with Gasteiger partial charge in [0.1, 0.15) is 29.7 Å². The number of esters is 1. The molecule has 5 aromatic rings. The van der Waals surface area contributed by atoms with Crippen LogP contribution in [0.5, 0.6) is 11.5 Å². The lowest BCUT2D eigenvalue weighted by Crippen LogP contribution is -2.35. The molecule has 0 atom stereocenters. The molecule has 0 fully saturated rings. The summed E-state index contributed by atoms with van der Waals surface area (Å²) in [6, 6.07) is 27.2. The van der Waals surface area contributed by atoms with Gasteiger partial charge < -0.3 is 23.7 Å². The van der Waals surface area contributed by atoms with Crippen LogP contribution in [0.25, 0.3) is 28.0 Å². The van der Waals surface area contributed by atoms with Crippen LogP contribution in [0.3, 0.4) is 0 Å². The number of fused-ring (bicyclic) bond motifs is 3. The fraction of sp³-hybridized carbons (Fsp3) is 0.233. The third-order valence-corrected chi connectivity index (χ3v) is 8.70. The second-order valence-electron chi connectivity index (χ2n) is 12.4. The maximum atomic E-state index is 14.2. The first kappa shape index (κ1) is 35.5. The van der Waals surface area contributed by atoms with E-state index in [1.807, 2.05) is 67.6 Å². The maximum Gasteiger partial charge on any atom is 0.339 e. The number of carbonyl (C=O) groups is 1. The molecule has 0 saturated carbocycles. The summed E-state index contributed by atoms with van der Waals surface area (Å²) >= 11 is 0. The van der Waals surface area contributed by atoms with E-state index in [0.29, 0.717) is 64.5 Å². The molecular weight excluding hydrogens is 650 g/mol. The molecule has 1 aliphatic heterocycles. The highest BCUT2D eigenvalue weighted by Crippen LogP contribution is 2.50. The van der Waals surface area contributed by atoms with E-state index in [1.54, 1.807) is 31.4 Å². The van der Waals surface area contributed by atoms with Crippen molar-refractivity contribution in [2.24, 2.45) is 0 Å². The van der Waals surface area contributed by atoms with Crippen LogP contribution < -0.4 is 9.47 Å². The van der Waals surface area contributed by atoms with Gasteiger partial charge >= 0.3 is 5.97 Å². The number of hydrogen-bond donors (Lipinski definition) is 0. The van der Waals surface area contributed by atoms with Gasteiger partial charge in [-0.2, -0.15) is 0 Å². The first-order valence-electron chi connectivity index (χ1n) is 16.9. The largest absolute Gasteiger partial charge is 0.497 e. The molecule has 0 bridgehead atoms. The lowest BCUT2D eigenvalue weighted by Gasteiger charge is -2.37. The molecule has 51 heavy (non-hydrogen) atoms. The van der Waals surface area contributed by atoms with E-state index in [9.17, 15) is 13.6 Å². The van der Waals surface area contributed by atoms with Gasteiger partial charge in [0.25, 0.3) is 0 Å². The molecule has 5 aromatic carbocycles. The first-order valence-corrected chi connectivity index (χ1v) is 16.9. The second kappa shape index (κ2) is 16.1. The highest BCUT2D eigenvalue weighted by Gasteiger charge is 2.40. The summed E-state index contributed by atoms with van der Waals surface area (Å²) in [5, 5.41) is 1.42. The molecule has 1 heterocycles. The van der Waals surface area contributed by atoms with Gasteiger partial charge in [-0.3, -0.25) is 0 Å². The summed E-state index contributed by atoms with van der Waals surface area (Å²) in [7, 11) is 1.58. The Balaban J connectivity index is 1.40. The van der Waals surface area contributed by atoms with Gasteiger partial charge in [0.05, 0.1) is 25.9 Å². The Labute approximate surface area is 296 Å². The Morgan fingerprint density at radius 1 is 0.784 bits per heavy atom. The number of rotatable bonds is 15. The number of methoxy groups -OCH3 is 1. The molecule has 8 heteroatoms. The maximum absolute atomic E-state index is 14.2. The number of unbranched alkanes of at least 4 members (excludes halogenated alkanes) is 1. The molecule has 0 aromatic heterocycles. The number of carbonyl (C=O) groups excluding carboxylic acids is 1. The highest BCUT2D eigenvalue weighted by atomic mass is 19.1. The molecule has 0 aliphatic carbocycles. The molecule has 6 rings (SSSR count). The minimum Gasteiger partial charge on any atom is -0.497 e. The Bertz CT molecular complexity index is 1980. The van der Waals surface area contributed by atoms with E-state index in [-0.39, 0.29) is 13.2 Å². The van der Waals surface area contributed by atoms with Gasteiger partial charge in [-0.15, -0.1) is 0 Å². The van der Waals surface area contributed by atoms with Crippen molar-refractivity contribution in [1.82, 2.24) is 0 Å². The number of halogens is 2. The monoisotopic (exact) mass is 690 g/mol. The fourth-order valence-corrected chi connectivity index (χ4v) is 6.26. The van der Waals surface area contributed by atoms with Crippen LogP contribution in [0.2, 0.25) is 0 Å². The molecule has 0 spiro atoms. The van der Waals surface area contributed by atoms with Crippen molar-refractivity contribution in [3.8, 4) is 22.6 Å². The summed E-state index contributed by atoms with van der Waals surface area (Å²) in [5.74, 6) is -0.360. The van der Waals surface area contributed by atoms with Gasteiger partial charge in [0.2, 0.25) is 0 Å². The predicted octanol–water partition coefficient (Wildman–Crippen LogP) is 9.69. The van der Waals surface area contributed by atoms with Gasteiger partial charge in [-0.25, -0.2) is 13.6 Å². The zero-order chi connectivity index (χ0) is 35.8. The molecular formula is C43H40F2O6. The Kier molecular flexibility index (Phi) is 11.2. The quantitative estimate of drug-likeness (QED) is 0.0620. The summed E-state index contributed by atoms with van der Waals surface area (Å²) in [5.41, 5.74) is 3.25. The number of hydrogen-bond acceptors (Lipinski definition) is 6. The minimum absolute atomic E-state index is 0.0499. The Hall–Kier alpha value is -5.31. The molecule has 262 valence electrons. The first-order chi connectivity index (χ1) is 24.8. The Morgan fingerprint density at radius 2 is 1.43 bits per heavy atom. The molecule has 6 nitrogen and oxygen atoms in total. The molecule has 0 amide bonds. The van der Waals surface area contributed by atoms with Crippen molar-refractivity contribution in [2.75, 3.05) is 40.1 Å². The smallest absolute Gasteiger partial charge is 0.339 e. The fourth-order valence-electron chi connectivity index (χ4n) is 6.26. The van der Waals surface area contributed by atoms with Crippen LogP contribution in [-0.4, -0.2) is 46.1 Å². The van der Waals surface area contributed by atoms with Crippen molar-refractivity contribution in [3.63, 3.8) is 0 Å². The molecule has 1 aliphatic rings. The number of ether oxygens (including phenoxy) is 5. The molecule has 0 radical (unpaired) electrons. The van der Waals surface area contributed by atoms with Crippen LogP contribution >= 0.6 is 0 Å². The van der Waals surface area contributed by atoms with Crippen LogP contribution in [0.4, 0.5) is 8.78 Å². The SMILES string of the molecule is C=C(C)COCCCCOCCOC(=O)c1c2c(c3cc(OC)ccc3c1-c1ccccc1)OC(c1ccc(F)cc1)(c1ccc(F)cc1)C=C2. The van der Waals surface area contributed by atoms with Gasteiger partial charge in [-0.05, 0) is 85.3 Å². The summed E-state index contributed by atoms with van der Waals surface area (Å²) in [6.07, 6.45) is 5.32. The molecule has 0 N–H and O–H groups in total. The molecule has 0 saturated heterocycles. The van der Waals surface area contributed by atoms with Crippen LogP contribution in [-0.2, 0) is 19.8 Å². The van der Waals surface area contributed by atoms with E-state index in [0.717, 1.165) is 29.4 Å². The average Bonchev–Trinajstić information content (AvgIpc) is 3.15. The topological polar surface area (TPSA) is 63.2 Å². The van der Waals surface area contributed by atoms with Crippen molar-refractivity contribution < 1.29 is 37.3 Å².